The minimum Gasteiger partial charge on any atom is -0.368 e. The van der Waals surface area contributed by atoms with Gasteiger partial charge in [-0.05, 0) is 17.7 Å². The average Bonchev–Trinajstić information content (AvgIpc) is 2.46. The maximum atomic E-state index is 11.8. The van der Waals surface area contributed by atoms with Gasteiger partial charge in [-0.25, -0.2) is 0 Å². The molecule has 0 spiro atoms. The van der Waals surface area contributed by atoms with Crippen LogP contribution in [0.15, 0.2) is 22.7 Å². The number of fused-ring (bicyclic) bond motifs is 1. The molecule has 1 aromatic rings. The Morgan fingerprint density at radius 3 is 2.87 bits per heavy atom. The number of carbonyl (C=O) groups is 2. The first kappa shape index (κ1) is 10.2. The topological polar surface area (TPSA) is 63.4 Å². The van der Waals surface area contributed by atoms with Gasteiger partial charge in [0.15, 0.2) is 0 Å². The van der Waals surface area contributed by atoms with E-state index in [1.807, 2.05) is 6.07 Å². The molecule has 0 atom stereocenters. The molecule has 0 saturated carbocycles. The van der Waals surface area contributed by atoms with Crippen LogP contribution in [0.25, 0.3) is 0 Å². The highest BCUT2D eigenvalue weighted by Crippen LogP contribution is 2.28. The number of rotatable bonds is 2. The number of benzene rings is 1. The van der Waals surface area contributed by atoms with Crippen LogP contribution in [0.4, 0.5) is 0 Å². The van der Waals surface area contributed by atoms with Crippen LogP contribution in [0.1, 0.15) is 15.9 Å². The van der Waals surface area contributed by atoms with Crippen molar-refractivity contribution in [3.05, 3.63) is 33.8 Å². The zero-order valence-electron chi connectivity index (χ0n) is 7.87. The average molecular weight is 269 g/mol. The van der Waals surface area contributed by atoms with Crippen LogP contribution in [-0.2, 0) is 11.3 Å². The molecular weight excluding hydrogens is 260 g/mol. The summed E-state index contributed by atoms with van der Waals surface area (Å²) in [5, 5.41) is 0. The fourth-order valence-electron chi connectivity index (χ4n) is 1.67. The van der Waals surface area contributed by atoms with E-state index in [9.17, 15) is 9.59 Å². The first-order valence-electron chi connectivity index (χ1n) is 4.44. The Balaban J connectivity index is 2.33. The van der Waals surface area contributed by atoms with Crippen LogP contribution in [0.3, 0.4) is 0 Å². The number of halogens is 1. The van der Waals surface area contributed by atoms with Crippen molar-refractivity contribution in [2.75, 3.05) is 6.54 Å². The number of hydrogen-bond donors (Lipinski definition) is 1. The molecule has 4 nitrogen and oxygen atoms in total. The van der Waals surface area contributed by atoms with E-state index in [2.05, 4.69) is 15.9 Å². The van der Waals surface area contributed by atoms with E-state index >= 15 is 0 Å². The zero-order valence-corrected chi connectivity index (χ0v) is 9.45. The Hall–Kier alpha value is -1.36. The summed E-state index contributed by atoms with van der Waals surface area (Å²) in [6.07, 6.45) is 0. The van der Waals surface area contributed by atoms with Crippen LogP contribution in [-0.4, -0.2) is 23.3 Å². The minimum absolute atomic E-state index is 0.0278. The molecule has 0 unspecified atom stereocenters. The molecule has 0 bridgehead atoms. The lowest BCUT2D eigenvalue weighted by Gasteiger charge is -2.12. The van der Waals surface area contributed by atoms with Crippen molar-refractivity contribution in [1.82, 2.24) is 4.90 Å². The first-order chi connectivity index (χ1) is 7.09. The number of primary amides is 1. The van der Waals surface area contributed by atoms with Gasteiger partial charge in [-0.2, -0.15) is 0 Å². The summed E-state index contributed by atoms with van der Waals surface area (Å²) < 4.78 is 0.889. The normalized spacial score (nSPS) is 14.2. The molecule has 2 amide bonds. The van der Waals surface area contributed by atoms with Gasteiger partial charge in [-0.3, -0.25) is 9.59 Å². The molecule has 78 valence electrons. The van der Waals surface area contributed by atoms with Gasteiger partial charge < -0.3 is 10.6 Å². The monoisotopic (exact) mass is 268 g/mol. The molecule has 0 aliphatic carbocycles. The van der Waals surface area contributed by atoms with Crippen LogP contribution < -0.4 is 5.73 Å². The third-order valence-electron chi connectivity index (χ3n) is 2.33. The fourth-order valence-corrected chi connectivity index (χ4v) is 2.16. The molecule has 0 fully saturated rings. The highest BCUT2D eigenvalue weighted by molar-refractivity contribution is 9.10. The molecule has 1 aliphatic heterocycles. The van der Waals surface area contributed by atoms with Crippen molar-refractivity contribution in [2.45, 2.75) is 6.54 Å². The second kappa shape index (κ2) is 3.66. The largest absolute Gasteiger partial charge is 0.368 e. The van der Waals surface area contributed by atoms with E-state index in [4.69, 9.17) is 5.73 Å². The van der Waals surface area contributed by atoms with Gasteiger partial charge in [0.1, 0.15) is 0 Å². The molecule has 0 saturated heterocycles. The number of nitrogens with two attached hydrogens (primary N) is 1. The van der Waals surface area contributed by atoms with Gasteiger partial charge in [0.05, 0.1) is 6.54 Å². The predicted molar refractivity (Wildman–Crippen MR) is 58.1 cm³/mol. The quantitative estimate of drug-likeness (QED) is 0.866. The lowest BCUT2D eigenvalue weighted by atomic mass is 10.1. The molecule has 2 rings (SSSR count). The molecule has 1 aromatic carbocycles. The maximum Gasteiger partial charge on any atom is 0.255 e. The van der Waals surface area contributed by atoms with Gasteiger partial charge in [-0.15, -0.1) is 0 Å². The van der Waals surface area contributed by atoms with E-state index in [0.29, 0.717) is 12.1 Å². The highest BCUT2D eigenvalue weighted by Gasteiger charge is 2.29. The second-order valence-electron chi connectivity index (χ2n) is 3.39. The predicted octanol–water partition coefficient (Wildman–Crippen LogP) is 0.890. The summed E-state index contributed by atoms with van der Waals surface area (Å²) in [5.74, 6) is -0.627. The first-order valence-corrected chi connectivity index (χ1v) is 5.24. The highest BCUT2D eigenvalue weighted by atomic mass is 79.9. The number of nitrogens with zero attached hydrogens (tertiary/aromatic N) is 1. The van der Waals surface area contributed by atoms with Crippen LogP contribution in [0, 0.1) is 0 Å². The SMILES string of the molecule is NC(=O)CN1Cc2c(Br)cccc2C1=O. The van der Waals surface area contributed by atoms with Crippen molar-refractivity contribution in [2.24, 2.45) is 5.73 Å². The molecule has 15 heavy (non-hydrogen) atoms. The molecule has 1 heterocycles. The summed E-state index contributed by atoms with van der Waals surface area (Å²) in [7, 11) is 0. The molecule has 2 N–H and O–H groups in total. The molecule has 5 heteroatoms. The summed E-state index contributed by atoms with van der Waals surface area (Å²) in [5.41, 5.74) is 6.63. The van der Waals surface area contributed by atoms with Gasteiger partial charge in [-0.1, -0.05) is 22.0 Å². The van der Waals surface area contributed by atoms with E-state index in [1.54, 1.807) is 12.1 Å². The summed E-state index contributed by atoms with van der Waals surface area (Å²) in [6, 6.07) is 5.43. The Bertz CT molecular complexity index is 445. The third-order valence-corrected chi connectivity index (χ3v) is 3.08. The Labute approximate surface area is 95.2 Å². The van der Waals surface area contributed by atoms with Gasteiger partial charge in [0.25, 0.3) is 5.91 Å². The van der Waals surface area contributed by atoms with E-state index in [1.165, 1.54) is 4.90 Å². The zero-order chi connectivity index (χ0) is 11.0. The fraction of sp³-hybridized carbons (Fsp3) is 0.200. The molecule has 1 aliphatic rings. The van der Waals surface area contributed by atoms with Crippen molar-refractivity contribution in [3.8, 4) is 0 Å². The van der Waals surface area contributed by atoms with Crippen molar-refractivity contribution < 1.29 is 9.59 Å². The summed E-state index contributed by atoms with van der Waals surface area (Å²) in [6.45, 7) is 0.415. The Kier molecular flexibility index (Phi) is 2.48. The number of hydrogen-bond acceptors (Lipinski definition) is 2. The standard InChI is InChI=1S/C10H9BrN2O2/c11-8-3-1-2-6-7(8)4-13(10(6)15)5-9(12)14/h1-3H,4-5H2,(H2,12,14). The smallest absolute Gasteiger partial charge is 0.255 e. The van der Waals surface area contributed by atoms with E-state index in [-0.39, 0.29) is 12.5 Å². The molecule has 0 aromatic heterocycles. The Morgan fingerprint density at radius 2 is 2.27 bits per heavy atom. The number of carbonyl (C=O) groups excluding carboxylic acids is 2. The summed E-state index contributed by atoms with van der Waals surface area (Å²) >= 11 is 3.37. The maximum absolute atomic E-state index is 11.8. The second-order valence-corrected chi connectivity index (χ2v) is 4.25. The summed E-state index contributed by atoms with van der Waals surface area (Å²) in [4.78, 5) is 24.0. The van der Waals surface area contributed by atoms with Gasteiger partial charge >= 0.3 is 0 Å². The van der Waals surface area contributed by atoms with Gasteiger partial charge in [0, 0.05) is 16.6 Å². The molecule has 0 radical (unpaired) electrons. The van der Waals surface area contributed by atoms with E-state index < -0.39 is 5.91 Å². The lowest BCUT2D eigenvalue weighted by molar-refractivity contribution is -0.118. The van der Waals surface area contributed by atoms with Crippen LogP contribution in [0.5, 0.6) is 0 Å². The lowest BCUT2D eigenvalue weighted by Crippen LogP contribution is -2.33. The van der Waals surface area contributed by atoms with Crippen LogP contribution in [0.2, 0.25) is 0 Å². The van der Waals surface area contributed by atoms with Gasteiger partial charge in [0.2, 0.25) is 5.91 Å². The van der Waals surface area contributed by atoms with Crippen LogP contribution >= 0.6 is 15.9 Å². The number of amides is 2. The third kappa shape index (κ3) is 1.74. The minimum atomic E-state index is -0.493. The Morgan fingerprint density at radius 1 is 1.53 bits per heavy atom. The van der Waals surface area contributed by atoms with Crippen molar-refractivity contribution >= 4 is 27.7 Å². The van der Waals surface area contributed by atoms with E-state index in [0.717, 1.165) is 10.0 Å². The van der Waals surface area contributed by atoms with Crippen molar-refractivity contribution in [3.63, 3.8) is 0 Å². The molecular formula is C10H9BrN2O2. The van der Waals surface area contributed by atoms with Crippen molar-refractivity contribution in [1.29, 1.82) is 0 Å².